The highest BCUT2D eigenvalue weighted by Crippen LogP contribution is 2.46. The van der Waals surface area contributed by atoms with Gasteiger partial charge in [-0.05, 0) is 40.5 Å². The van der Waals surface area contributed by atoms with E-state index in [1.54, 1.807) is 0 Å². The van der Waals surface area contributed by atoms with Crippen molar-refractivity contribution in [3.8, 4) is 0 Å². The van der Waals surface area contributed by atoms with E-state index in [0.29, 0.717) is 5.41 Å². The van der Waals surface area contributed by atoms with E-state index in [1.165, 1.54) is 0 Å². The molecule has 1 rings (SSSR count). The number of aliphatic imine (C=N–C) groups is 1. The van der Waals surface area contributed by atoms with Gasteiger partial charge in [-0.25, -0.2) is 0 Å². The summed E-state index contributed by atoms with van der Waals surface area (Å²) >= 11 is 0. The molecule has 1 aliphatic rings. The molecule has 0 aliphatic carbocycles. The Morgan fingerprint density at radius 3 is 2.40 bits per heavy atom. The van der Waals surface area contributed by atoms with Crippen LogP contribution < -0.4 is 5.32 Å². The van der Waals surface area contributed by atoms with Crippen LogP contribution in [0.15, 0.2) is 4.99 Å². The first-order valence-corrected chi connectivity index (χ1v) is 8.00. The zero-order chi connectivity index (χ0) is 15.2. The fourth-order valence-corrected chi connectivity index (χ4v) is 2.44. The van der Waals surface area contributed by atoms with Gasteiger partial charge in [0, 0.05) is 43.8 Å². The van der Waals surface area contributed by atoms with E-state index in [9.17, 15) is 0 Å². The van der Waals surface area contributed by atoms with Gasteiger partial charge in [0.05, 0.1) is 0 Å². The number of nitrogens with one attached hydrogen (secondary N) is 1. The first-order chi connectivity index (χ1) is 9.36. The van der Waals surface area contributed by atoms with Crippen molar-refractivity contribution in [1.29, 1.82) is 0 Å². The average Bonchev–Trinajstić information content (AvgIpc) is 2.39. The Labute approximate surface area is 125 Å². The van der Waals surface area contributed by atoms with Gasteiger partial charge in [0.1, 0.15) is 0 Å². The first-order valence-electron chi connectivity index (χ1n) is 8.00. The summed E-state index contributed by atoms with van der Waals surface area (Å²) in [7, 11) is 0. The molecule has 0 aromatic heterocycles. The van der Waals surface area contributed by atoms with Gasteiger partial charge in [0.2, 0.25) is 0 Å². The maximum Gasteiger partial charge on any atom is 0.194 e. The Balaban J connectivity index is 2.49. The van der Waals surface area contributed by atoms with Gasteiger partial charge in [0.15, 0.2) is 5.96 Å². The summed E-state index contributed by atoms with van der Waals surface area (Å²) in [6.07, 6.45) is 2.18. The zero-order valence-electron chi connectivity index (χ0n) is 14.3. The zero-order valence-corrected chi connectivity index (χ0v) is 14.3. The smallest absolute Gasteiger partial charge is 0.194 e. The van der Waals surface area contributed by atoms with E-state index in [4.69, 9.17) is 9.73 Å². The second-order valence-electron chi connectivity index (χ2n) is 6.67. The molecular formula is C16H33N3O. The summed E-state index contributed by atoms with van der Waals surface area (Å²) in [6.45, 7) is 18.0. The highest BCUT2D eigenvalue weighted by Gasteiger charge is 2.53. The van der Waals surface area contributed by atoms with Gasteiger partial charge in [-0.2, -0.15) is 0 Å². The molecule has 0 bridgehead atoms. The van der Waals surface area contributed by atoms with Gasteiger partial charge >= 0.3 is 0 Å². The topological polar surface area (TPSA) is 36.9 Å². The quantitative estimate of drug-likeness (QED) is 0.443. The molecule has 1 N–H and O–H groups in total. The lowest BCUT2D eigenvalue weighted by molar-refractivity contribution is -0.0667. The molecule has 0 unspecified atom stereocenters. The van der Waals surface area contributed by atoms with Crippen LogP contribution in [-0.2, 0) is 4.74 Å². The molecule has 0 aromatic rings. The molecule has 0 radical (unpaired) electrons. The number of hydrogen-bond acceptors (Lipinski definition) is 2. The number of hydrogen-bond donors (Lipinski definition) is 1. The summed E-state index contributed by atoms with van der Waals surface area (Å²) in [6, 6.07) is 0. The van der Waals surface area contributed by atoms with Crippen molar-refractivity contribution in [2.45, 2.75) is 59.9 Å². The van der Waals surface area contributed by atoms with Gasteiger partial charge in [-0.1, -0.05) is 13.8 Å². The van der Waals surface area contributed by atoms with Crippen molar-refractivity contribution in [3.63, 3.8) is 0 Å². The van der Waals surface area contributed by atoms with Crippen LogP contribution in [0.4, 0.5) is 0 Å². The van der Waals surface area contributed by atoms with Crippen LogP contribution in [-0.4, -0.2) is 49.2 Å². The SMILES string of the molecule is CCNC(=NCCCCOCC)N1CC(C)(C)C1(C)C. The molecular weight excluding hydrogens is 250 g/mol. The Morgan fingerprint density at radius 2 is 1.90 bits per heavy atom. The van der Waals surface area contributed by atoms with E-state index < -0.39 is 0 Å². The third-order valence-electron chi connectivity index (χ3n) is 4.64. The molecule has 0 saturated carbocycles. The van der Waals surface area contributed by atoms with E-state index in [2.05, 4.69) is 44.8 Å². The maximum atomic E-state index is 5.35. The standard InChI is InChI=1S/C16H33N3O/c1-7-17-14(18-11-9-10-12-20-8-2)19-13-15(3,4)16(19,5)6/h7-13H2,1-6H3,(H,17,18). The van der Waals surface area contributed by atoms with Crippen LogP contribution in [0.2, 0.25) is 0 Å². The minimum Gasteiger partial charge on any atom is -0.382 e. The highest BCUT2D eigenvalue weighted by atomic mass is 16.5. The Kier molecular flexibility index (Phi) is 6.31. The number of ether oxygens (including phenoxy) is 1. The van der Waals surface area contributed by atoms with Crippen molar-refractivity contribution in [2.75, 3.05) is 32.8 Å². The fourth-order valence-electron chi connectivity index (χ4n) is 2.44. The molecule has 0 amide bonds. The maximum absolute atomic E-state index is 5.35. The van der Waals surface area contributed by atoms with Gasteiger partial charge in [-0.15, -0.1) is 0 Å². The van der Waals surface area contributed by atoms with E-state index >= 15 is 0 Å². The third kappa shape index (κ3) is 3.87. The van der Waals surface area contributed by atoms with Gasteiger partial charge < -0.3 is 15.0 Å². The number of unbranched alkanes of at least 4 members (excludes halogenated alkanes) is 1. The number of guanidine groups is 1. The molecule has 1 saturated heterocycles. The van der Waals surface area contributed by atoms with Crippen molar-refractivity contribution in [1.82, 2.24) is 10.2 Å². The van der Waals surface area contributed by atoms with Crippen molar-refractivity contribution < 1.29 is 4.74 Å². The lowest BCUT2D eigenvalue weighted by atomic mass is 9.65. The molecule has 0 atom stereocenters. The Morgan fingerprint density at radius 1 is 1.20 bits per heavy atom. The molecule has 1 heterocycles. The van der Waals surface area contributed by atoms with E-state index in [0.717, 1.165) is 51.6 Å². The fraction of sp³-hybridized carbons (Fsp3) is 0.938. The summed E-state index contributed by atoms with van der Waals surface area (Å²) in [4.78, 5) is 7.17. The normalized spacial score (nSPS) is 20.7. The monoisotopic (exact) mass is 283 g/mol. The summed E-state index contributed by atoms with van der Waals surface area (Å²) in [5, 5.41) is 3.42. The lowest BCUT2D eigenvalue weighted by Gasteiger charge is -2.62. The molecule has 20 heavy (non-hydrogen) atoms. The molecule has 1 fully saturated rings. The van der Waals surface area contributed by atoms with Crippen LogP contribution in [0.25, 0.3) is 0 Å². The Hall–Kier alpha value is -0.770. The number of nitrogens with zero attached hydrogens (tertiary/aromatic N) is 2. The van der Waals surface area contributed by atoms with Crippen molar-refractivity contribution >= 4 is 5.96 Å². The minimum atomic E-state index is 0.166. The molecule has 4 nitrogen and oxygen atoms in total. The van der Waals surface area contributed by atoms with Crippen LogP contribution in [0, 0.1) is 5.41 Å². The Bertz CT molecular complexity index is 324. The van der Waals surface area contributed by atoms with Crippen molar-refractivity contribution in [2.24, 2.45) is 10.4 Å². The van der Waals surface area contributed by atoms with Crippen molar-refractivity contribution in [3.05, 3.63) is 0 Å². The second-order valence-corrected chi connectivity index (χ2v) is 6.67. The van der Waals surface area contributed by atoms with E-state index in [-0.39, 0.29) is 5.54 Å². The average molecular weight is 283 g/mol. The summed E-state index contributed by atoms with van der Waals surface area (Å²) in [5.41, 5.74) is 0.511. The lowest BCUT2D eigenvalue weighted by Crippen LogP contribution is -2.72. The second kappa shape index (κ2) is 7.30. The van der Waals surface area contributed by atoms with Crippen LogP contribution >= 0.6 is 0 Å². The van der Waals surface area contributed by atoms with Crippen LogP contribution in [0.3, 0.4) is 0 Å². The van der Waals surface area contributed by atoms with E-state index in [1.807, 2.05) is 6.92 Å². The number of rotatable bonds is 7. The molecule has 4 heteroatoms. The number of likely N-dealkylation sites (tertiary alicyclic amines) is 1. The minimum absolute atomic E-state index is 0.166. The van der Waals surface area contributed by atoms with Crippen LogP contribution in [0.5, 0.6) is 0 Å². The van der Waals surface area contributed by atoms with Gasteiger partial charge in [-0.3, -0.25) is 4.99 Å². The van der Waals surface area contributed by atoms with Gasteiger partial charge in [0.25, 0.3) is 0 Å². The summed E-state index contributed by atoms with van der Waals surface area (Å²) < 4.78 is 5.35. The predicted octanol–water partition coefficient (Wildman–Crippen LogP) is 2.89. The molecule has 0 aromatic carbocycles. The van der Waals surface area contributed by atoms with Crippen LogP contribution in [0.1, 0.15) is 54.4 Å². The molecule has 0 spiro atoms. The largest absolute Gasteiger partial charge is 0.382 e. The molecule has 1 aliphatic heterocycles. The summed E-state index contributed by atoms with van der Waals surface area (Å²) in [5.74, 6) is 1.06. The molecule has 118 valence electrons. The third-order valence-corrected chi connectivity index (χ3v) is 4.64. The first kappa shape index (κ1) is 17.3. The highest BCUT2D eigenvalue weighted by molar-refractivity contribution is 5.82. The predicted molar refractivity (Wildman–Crippen MR) is 86.3 cm³/mol.